The predicted octanol–water partition coefficient (Wildman–Crippen LogP) is 2.79. The number of benzene rings is 2. The van der Waals surface area contributed by atoms with Gasteiger partial charge in [0.05, 0.1) is 24.4 Å². The van der Waals surface area contributed by atoms with Crippen molar-refractivity contribution in [1.29, 1.82) is 0 Å². The molecule has 1 aliphatic rings. The molecule has 1 heterocycles. The molecule has 130 valence electrons. The van der Waals surface area contributed by atoms with Gasteiger partial charge in [-0.25, -0.2) is 0 Å². The van der Waals surface area contributed by atoms with Gasteiger partial charge in [0.25, 0.3) is 0 Å². The zero-order chi connectivity index (χ0) is 17.8. The number of anilines is 1. The standard InChI is InChI=1S/C19H19NO5/c1-24-18-7-3-2-5-15(18)20-13(9-10-19(20)23)12-25-17-8-4-6-16(22)14(17)11-21/h2-8,11,13,22H,9-10,12H2,1H3. The summed E-state index contributed by atoms with van der Waals surface area (Å²) >= 11 is 0. The van der Waals surface area contributed by atoms with Gasteiger partial charge in [0.15, 0.2) is 6.29 Å². The maximum atomic E-state index is 12.4. The average Bonchev–Trinajstić information content (AvgIpc) is 3.00. The maximum Gasteiger partial charge on any atom is 0.227 e. The summed E-state index contributed by atoms with van der Waals surface area (Å²) in [4.78, 5) is 25.2. The highest BCUT2D eigenvalue weighted by Gasteiger charge is 2.34. The minimum absolute atomic E-state index is 0.00428. The van der Waals surface area contributed by atoms with E-state index in [0.717, 1.165) is 0 Å². The number of ether oxygens (including phenoxy) is 2. The van der Waals surface area contributed by atoms with E-state index in [1.807, 2.05) is 18.2 Å². The molecule has 0 aliphatic carbocycles. The molecular weight excluding hydrogens is 322 g/mol. The number of hydrogen-bond donors (Lipinski definition) is 1. The number of phenols is 1. The first-order valence-electron chi connectivity index (χ1n) is 8.00. The number of hydrogen-bond acceptors (Lipinski definition) is 5. The van der Waals surface area contributed by atoms with E-state index in [4.69, 9.17) is 9.47 Å². The lowest BCUT2D eigenvalue weighted by Crippen LogP contribution is -2.37. The van der Waals surface area contributed by atoms with Gasteiger partial charge >= 0.3 is 0 Å². The molecule has 1 aliphatic heterocycles. The lowest BCUT2D eigenvalue weighted by molar-refractivity contribution is -0.117. The Balaban J connectivity index is 1.81. The molecule has 2 aromatic rings. The summed E-state index contributed by atoms with van der Waals surface area (Å²) in [6, 6.07) is 11.8. The SMILES string of the molecule is COc1ccccc1N1C(=O)CCC1COc1cccc(O)c1C=O. The highest BCUT2D eigenvalue weighted by Crippen LogP contribution is 2.34. The predicted molar refractivity (Wildman–Crippen MR) is 92.5 cm³/mol. The highest BCUT2D eigenvalue weighted by molar-refractivity contribution is 5.97. The van der Waals surface area contributed by atoms with Gasteiger partial charge in [-0.2, -0.15) is 0 Å². The second-order valence-electron chi connectivity index (χ2n) is 5.75. The third kappa shape index (κ3) is 3.28. The molecule has 1 amide bonds. The molecular formula is C19H19NO5. The van der Waals surface area contributed by atoms with E-state index in [-0.39, 0.29) is 29.9 Å². The zero-order valence-electron chi connectivity index (χ0n) is 13.8. The molecule has 1 N–H and O–H groups in total. The van der Waals surface area contributed by atoms with Gasteiger partial charge < -0.3 is 19.5 Å². The number of rotatable bonds is 6. The molecule has 1 unspecified atom stereocenters. The van der Waals surface area contributed by atoms with Crippen molar-refractivity contribution in [1.82, 2.24) is 0 Å². The van der Waals surface area contributed by atoms with Crippen molar-refractivity contribution in [2.75, 3.05) is 18.6 Å². The summed E-state index contributed by atoms with van der Waals surface area (Å²) in [5.74, 6) is 0.796. The number of aromatic hydroxyl groups is 1. The lowest BCUT2D eigenvalue weighted by atomic mass is 10.2. The van der Waals surface area contributed by atoms with Crippen LogP contribution in [0.3, 0.4) is 0 Å². The molecule has 1 fully saturated rings. The van der Waals surface area contributed by atoms with E-state index >= 15 is 0 Å². The Labute approximate surface area is 145 Å². The second-order valence-corrected chi connectivity index (χ2v) is 5.75. The van der Waals surface area contributed by atoms with E-state index in [2.05, 4.69) is 0 Å². The van der Waals surface area contributed by atoms with E-state index < -0.39 is 0 Å². The number of carbonyl (C=O) groups is 2. The Morgan fingerprint density at radius 2 is 1.96 bits per heavy atom. The van der Waals surface area contributed by atoms with Crippen LogP contribution in [0.4, 0.5) is 5.69 Å². The Hall–Kier alpha value is -3.02. The van der Waals surface area contributed by atoms with Crippen molar-refractivity contribution >= 4 is 17.9 Å². The van der Waals surface area contributed by atoms with Crippen LogP contribution >= 0.6 is 0 Å². The number of para-hydroxylation sites is 2. The van der Waals surface area contributed by atoms with Crippen LogP contribution in [0.1, 0.15) is 23.2 Å². The topological polar surface area (TPSA) is 76.1 Å². The quantitative estimate of drug-likeness (QED) is 0.818. The highest BCUT2D eigenvalue weighted by atomic mass is 16.5. The van der Waals surface area contributed by atoms with Gasteiger partial charge in [-0.3, -0.25) is 9.59 Å². The largest absolute Gasteiger partial charge is 0.507 e. The van der Waals surface area contributed by atoms with E-state index in [1.165, 1.54) is 6.07 Å². The van der Waals surface area contributed by atoms with Crippen molar-refractivity contribution in [3.63, 3.8) is 0 Å². The molecule has 0 aromatic heterocycles. The van der Waals surface area contributed by atoms with Crippen LogP contribution in [-0.2, 0) is 4.79 Å². The van der Waals surface area contributed by atoms with Gasteiger partial charge in [-0.05, 0) is 30.7 Å². The van der Waals surface area contributed by atoms with Gasteiger partial charge in [0, 0.05) is 6.42 Å². The molecule has 3 rings (SSSR count). The third-order valence-electron chi connectivity index (χ3n) is 4.26. The van der Waals surface area contributed by atoms with Gasteiger partial charge in [-0.1, -0.05) is 18.2 Å². The first-order valence-corrected chi connectivity index (χ1v) is 8.00. The Morgan fingerprint density at radius 3 is 2.72 bits per heavy atom. The Morgan fingerprint density at radius 1 is 1.20 bits per heavy atom. The van der Waals surface area contributed by atoms with Crippen molar-refractivity contribution < 1.29 is 24.2 Å². The number of carbonyl (C=O) groups excluding carboxylic acids is 2. The first kappa shape index (κ1) is 16.8. The molecule has 2 aromatic carbocycles. The molecule has 0 radical (unpaired) electrons. The fraction of sp³-hybridized carbons (Fsp3) is 0.263. The van der Waals surface area contributed by atoms with Crippen LogP contribution in [-0.4, -0.2) is 37.1 Å². The fourth-order valence-corrected chi connectivity index (χ4v) is 3.02. The Kier molecular flexibility index (Phi) is 4.88. The number of methoxy groups -OCH3 is 1. The summed E-state index contributed by atoms with van der Waals surface area (Å²) < 4.78 is 11.1. The molecule has 0 spiro atoms. The van der Waals surface area contributed by atoms with Crippen molar-refractivity contribution in [3.05, 3.63) is 48.0 Å². The number of phenolic OH excluding ortho intramolecular Hbond substituents is 1. The van der Waals surface area contributed by atoms with Crippen molar-refractivity contribution in [2.24, 2.45) is 0 Å². The molecule has 25 heavy (non-hydrogen) atoms. The van der Waals surface area contributed by atoms with E-state index in [1.54, 1.807) is 30.2 Å². The molecule has 1 atom stereocenters. The molecule has 0 saturated carbocycles. The second kappa shape index (κ2) is 7.25. The van der Waals surface area contributed by atoms with Crippen molar-refractivity contribution in [3.8, 4) is 17.2 Å². The number of nitrogens with zero attached hydrogens (tertiary/aromatic N) is 1. The summed E-state index contributed by atoms with van der Waals surface area (Å²) in [6.45, 7) is 0.216. The summed E-state index contributed by atoms with van der Waals surface area (Å²) in [5.41, 5.74) is 0.809. The van der Waals surface area contributed by atoms with Crippen LogP contribution < -0.4 is 14.4 Å². The van der Waals surface area contributed by atoms with Crippen LogP contribution in [0.5, 0.6) is 17.2 Å². The van der Waals surface area contributed by atoms with Gasteiger partial charge in [0.2, 0.25) is 5.91 Å². The number of aldehydes is 1. The van der Waals surface area contributed by atoms with Crippen LogP contribution in [0, 0.1) is 0 Å². The van der Waals surface area contributed by atoms with Gasteiger partial charge in [-0.15, -0.1) is 0 Å². The van der Waals surface area contributed by atoms with Crippen LogP contribution in [0.15, 0.2) is 42.5 Å². The maximum absolute atomic E-state index is 12.4. The molecule has 1 saturated heterocycles. The minimum atomic E-state index is -0.175. The fourth-order valence-electron chi connectivity index (χ4n) is 3.02. The summed E-state index contributed by atoms with van der Waals surface area (Å²) in [7, 11) is 1.56. The third-order valence-corrected chi connectivity index (χ3v) is 4.26. The Bertz CT molecular complexity index is 789. The molecule has 0 bridgehead atoms. The van der Waals surface area contributed by atoms with Crippen molar-refractivity contribution in [2.45, 2.75) is 18.9 Å². The van der Waals surface area contributed by atoms with Crippen LogP contribution in [0.2, 0.25) is 0 Å². The monoisotopic (exact) mass is 341 g/mol. The van der Waals surface area contributed by atoms with Gasteiger partial charge in [0.1, 0.15) is 23.9 Å². The zero-order valence-corrected chi connectivity index (χ0v) is 13.8. The van der Waals surface area contributed by atoms with E-state index in [0.29, 0.717) is 36.3 Å². The summed E-state index contributed by atoms with van der Waals surface area (Å²) in [5, 5.41) is 9.73. The smallest absolute Gasteiger partial charge is 0.227 e. The normalized spacial score (nSPS) is 16.8. The van der Waals surface area contributed by atoms with E-state index in [9.17, 15) is 14.7 Å². The summed E-state index contributed by atoms with van der Waals surface area (Å²) in [6.07, 6.45) is 1.63. The molecule has 6 heteroatoms. The van der Waals surface area contributed by atoms with Crippen LogP contribution in [0.25, 0.3) is 0 Å². The molecule has 6 nitrogen and oxygen atoms in total. The average molecular weight is 341 g/mol. The first-order chi connectivity index (χ1) is 12.2. The number of amides is 1. The minimum Gasteiger partial charge on any atom is -0.507 e. The lowest BCUT2D eigenvalue weighted by Gasteiger charge is -2.26.